The van der Waals surface area contributed by atoms with Crippen molar-refractivity contribution in [2.45, 2.75) is 52.0 Å². The molecule has 2 heteroatoms. The summed E-state index contributed by atoms with van der Waals surface area (Å²) in [6, 6.07) is 0.984. The standard InChI is InChI=1S/C8H17NO/c1-5-7(3)10-8(4)6(2)9-5/h5-9H,1-4H3/t5-,6+,7+,8-. The first-order valence-electron chi connectivity index (χ1n) is 4.02. The van der Waals surface area contributed by atoms with Crippen molar-refractivity contribution in [3.8, 4) is 0 Å². The lowest BCUT2D eigenvalue weighted by Crippen LogP contribution is -2.54. The summed E-state index contributed by atoms with van der Waals surface area (Å²) in [6.07, 6.45) is 0.706. The number of nitrogens with one attached hydrogen (secondary N) is 1. The van der Waals surface area contributed by atoms with E-state index in [0.717, 1.165) is 0 Å². The first kappa shape index (κ1) is 8.02. The van der Waals surface area contributed by atoms with Gasteiger partial charge in [0.05, 0.1) is 12.2 Å². The van der Waals surface area contributed by atoms with Crippen LogP contribution in [0.25, 0.3) is 0 Å². The Balaban J connectivity index is 2.46. The Bertz CT molecular complexity index is 89.8. The molecular formula is C8H17NO. The molecule has 60 valence electrons. The quantitative estimate of drug-likeness (QED) is 0.549. The normalized spacial score (nSPS) is 49.2. The average Bonchev–Trinajstić information content (AvgIpc) is 1.84. The smallest absolute Gasteiger partial charge is 0.0701 e. The molecule has 0 aliphatic carbocycles. The fraction of sp³-hybridized carbons (Fsp3) is 1.00. The van der Waals surface area contributed by atoms with E-state index in [1.54, 1.807) is 0 Å². The minimum Gasteiger partial charge on any atom is -0.372 e. The van der Waals surface area contributed by atoms with Crippen LogP contribution in [0.3, 0.4) is 0 Å². The average molecular weight is 143 g/mol. The third kappa shape index (κ3) is 1.50. The Morgan fingerprint density at radius 1 is 0.900 bits per heavy atom. The minimum absolute atomic E-state index is 0.353. The lowest BCUT2D eigenvalue weighted by molar-refractivity contribution is -0.0620. The summed E-state index contributed by atoms with van der Waals surface area (Å²) in [7, 11) is 0. The highest BCUT2D eigenvalue weighted by molar-refractivity contribution is 4.82. The van der Waals surface area contributed by atoms with Crippen LogP contribution in [0.1, 0.15) is 27.7 Å². The number of hydrogen-bond donors (Lipinski definition) is 1. The second kappa shape index (κ2) is 2.89. The summed E-state index contributed by atoms with van der Waals surface area (Å²) in [6.45, 7) is 8.54. The Labute approximate surface area is 63.0 Å². The molecule has 1 aliphatic rings. The highest BCUT2D eigenvalue weighted by Crippen LogP contribution is 2.12. The Morgan fingerprint density at radius 3 is 1.60 bits per heavy atom. The molecule has 1 heterocycles. The number of hydrogen-bond acceptors (Lipinski definition) is 2. The van der Waals surface area contributed by atoms with Gasteiger partial charge in [-0.05, 0) is 27.7 Å². The summed E-state index contributed by atoms with van der Waals surface area (Å²) in [5.74, 6) is 0. The van der Waals surface area contributed by atoms with E-state index in [2.05, 4.69) is 33.0 Å². The number of morpholine rings is 1. The summed E-state index contributed by atoms with van der Waals surface area (Å²) >= 11 is 0. The zero-order valence-electron chi connectivity index (χ0n) is 7.22. The van der Waals surface area contributed by atoms with Crippen LogP contribution in [0.2, 0.25) is 0 Å². The maximum atomic E-state index is 5.65. The first-order chi connectivity index (χ1) is 4.61. The van der Waals surface area contributed by atoms with Crippen LogP contribution in [0, 0.1) is 0 Å². The molecule has 2 nitrogen and oxygen atoms in total. The predicted octanol–water partition coefficient (Wildman–Crippen LogP) is 1.16. The molecule has 0 bridgehead atoms. The molecule has 0 radical (unpaired) electrons. The van der Waals surface area contributed by atoms with E-state index in [1.807, 2.05) is 0 Å². The van der Waals surface area contributed by atoms with Crippen LogP contribution < -0.4 is 5.32 Å². The van der Waals surface area contributed by atoms with Gasteiger partial charge in [-0.2, -0.15) is 0 Å². The first-order valence-corrected chi connectivity index (χ1v) is 4.02. The van der Waals surface area contributed by atoms with Gasteiger partial charge in [0, 0.05) is 12.1 Å². The molecule has 0 saturated carbocycles. The van der Waals surface area contributed by atoms with Crippen molar-refractivity contribution in [3.05, 3.63) is 0 Å². The van der Waals surface area contributed by atoms with Gasteiger partial charge in [-0.3, -0.25) is 0 Å². The van der Waals surface area contributed by atoms with Gasteiger partial charge in [0.15, 0.2) is 0 Å². The van der Waals surface area contributed by atoms with E-state index in [0.29, 0.717) is 24.3 Å². The van der Waals surface area contributed by atoms with Gasteiger partial charge < -0.3 is 10.1 Å². The van der Waals surface area contributed by atoms with Crippen molar-refractivity contribution in [1.29, 1.82) is 0 Å². The zero-order valence-corrected chi connectivity index (χ0v) is 7.22. The van der Waals surface area contributed by atoms with Gasteiger partial charge in [0.2, 0.25) is 0 Å². The van der Waals surface area contributed by atoms with Crippen molar-refractivity contribution in [1.82, 2.24) is 5.32 Å². The lowest BCUT2D eigenvalue weighted by Gasteiger charge is -2.37. The number of ether oxygens (including phenoxy) is 1. The van der Waals surface area contributed by atoms with Crippen molar-refractivity contribution in [2.24, 2.45) is 0 Å². The fourth-order valence-electron chi connectivity index (χ4n) is 1.26. The number of rotatable bonds is 0. The van der Waals surface area contributed by atoms with Crippen molar-refractivity contribution in [3.63, 3.8) is 0 Å². The third-order valence-corrected chi connectivity index (χ3v) is 2.36. The summed E-state index contributed by atoms with van der Waals surface area (Å²) in [5.41, 5.74) is 0. The van der Waals surface area contributed by atoms with Crippen LogP contribution in [-0.2, 0) is 4.74 Å². The molecule has 1 N–H and O–H groups in total. The molecule has 1 fully saturated rings. The summed E-state index contributed by atoms with van der Waals surface area (Å²) < 4.78 is 5.65. The molecule has 4 atom stereocenters. The molecular weight excluding hydrogens is 126 g/mol. The Kier molecular flexibility index (Phi) is 2.32. The van der Waals surface area contributed by atoms with Crippen LogP contribution in [-0.4, -0.2) is 24.3 Å². The van der Waals surface area contributed by atoms with E-state index in [4.69, 9.17) is 4.74 Å². The largest absolute Gasteiger partial charge is 0.372 e. The van der Waals surface area contributed by atoms with Gasteiger partial charge in [-0.15, -0.1) is 0 Å². The fourth-order valence-corrected chi connectivity index (χ4v) is 1.26. The monoisotopic (exact) mass is 143 g/mol. The third-order valence-electron chi connectivity index (χ3n) is 2.36. The maximum absolute atomic E-state index is 5.65. The van der Waals surface area contributed by atoms with E-state index in [-0.39, 0.29) is 0 Å². The molecule has 0 aromatic carbocycles. The van der Waals surface area contributed by atoms with Crippen molar-refractivity contribution < 1.29 is 4.74 Å². The van der Waals surface area contributed by atoms with E-state index in [1.165, 1.54) is 0 Å². The Morgan fingerprint density at radius 2 is 1.30 bits per heavy atom. The van der Waals surface area contributed by atoms with Crippen LogP contribution in [0.15, 0.2) is 0 Å². The topological polar surface area (TPSA) is 21.3 Å². The highest BCUT2D eigenvalue weighted by atomic mass is 16.5. The van der Waals surface area contributed by atoms with Gasteiger partial charge in [-0.1, -0.05) is 0 Å². The SMILES string of the molecule is C[C@@H]1N[C@H](C)[C@H](C)O[C@@H]1C. The van der Waals surface area contributed by atoms with Crippen LogP contribution >= 0.6 is 0 Å². The molecule has 0 amide bonds. The van der Waals surface area contributed by atoms with Crippen LogP contribution in [0.4, 0.5) is 0 Å². The van der Waals surface area contributed by atoms with Gasteiger partial charge in [0.1, 0.15) is 0 Å². The zero-order chi connectivity index (χ0) is 7.72. The Hall–Kier alpha value is -0.0800. The highest BCUT2D eigenvalue weighted by Gasteiger charge is 2.26. The summed E-state index contributed by atoms with van der Waals surface area (Å²) in [4.78, 5) is 0. The lowest BCUT2D eigenvalue weighted by atomic mass is 10.1. The van der Waals surface area contributed by atoms with Gasteiger partial charge in [-0.25, -0.2) is 0 Å². The maximum Gasteiger partial charge on any atom is 0.0701 e. The molecule has 0 unspecified atom stereocenters. The minimum atomic E-state index is 0.353. The molecule has 0 aromatic heterocycles. The van der Waals surface area contributed by atoms with Crippen LogP contribution in [0.5, 0.6) is 0 Å². The molecule has 0 spiro atoms. The molecule has 0 aromatic rings. The van der Waals surface area contributed by atoms with E-state index < -0.39 is 0 Å². The molecule has 1 saturated heterocycles. The molecule has 1 rings (SSSR count). The molecule has 10 heavy (non-hydrogen) atoms. The van der Waals surface area contributed by atoms with E-state index in [9.17, 15) is 0 Å². The van der Waals surface area contributed by atoms with Crippen molar-refractivity contribution >= 4 is 0 Å². The predicted molar refractivity (Wildman–Crippen MR) is 42.1 cm³/mol. The summed E-state index contributed by atoms with van der Waals surface area (Å²) in [5, 5.41) is 3.45. The molecule has 1 aliphatic heterocycles. The second-order valence-electron chi connectivity index (χ2n) is 3.29. The van der Waals surface area contributed by atoms with Gasteiger partial charge in [0.25, 0.3) is 0 Å². The van der Waals surface area contributed by atoms with Crippen molar-refractivity contribution in [2.75, 3.05) is 0 Å². The van der Waals surface area contributed by atoms with E-state index >= 15 is 0 Å². The van der Waals surface area contributed by atoms with Gasteiger partial charge >= 0.3 is 0 Å². The second-order valence-corrected chi connectivity index (χ2v) is 3.29.